The predicted octanol–water partition coefficient (Wildman–Crippen LogP) is 2.86. The molecule has 0 saturated carbocycles. The number of aryl methyl sites for hydroxylation is 1. The van der Waals surface area contributed by atoms with Crippen molar-refractivity contribution >= 4 is 5.69 Å². The Labute approximate surface area is 86.5 Å². The van der Waals surface area contributed by atoms with Crippen LogP contribution in [0, 0.1) is 6.92 Å². The van der Waals surface area contributed by atoms with E-state index in [1.807, 2.05) is 0 Å². The van der Waals surface area contributed by atoms with Crippen molar-refractivity contribution in [2.24, 2.45) is 0 Å². The van der Waals surface area contributed by atoms with Crippen molar-refractivity contribution in [3.8, 4) is 0 Å². The smallest absolute Gasteiger partial charge is 0.0344 e. The molecule has 0 aliphatic heterocycles. The molecule has 0 heterocycles. The highest BCUT2D eigenvalue weighted by Crippen LogP contribution is 2.13. The van der Waals surface area contributed by atoms with Crippen molar-refractivity contribution < 1.29 is 0 Å². The Morgan fingerprint density at radius 2 is 2.21 bits per heavy atom. The van der Waals surface area contributed by atoms with Crippen molar-refractivity contribution in [1.82, 2.24) is 5.73 Å². The van der Waals surface area contributed by atoms with E-state index in [-0.39, 0.29) is 0 Å². The van der Waals surface area contributed by atoms with E-state index in [9.17, 15) is 0 Å². The summed E-state index contributed by atoms with van der Waals surface area (Å²) in [5, 5.41) is 3.45. The molecule has 14 heavy (non-hydrogen) atoms. The Hall–Kier alpha value is -1.02. The second-order valence-electron chi connectivity index (χ2n) is 3.66. The van der Waals surface area contributed by atoms with Gasteiger partial charge in [-0.2, -0.15) is 0 Å². The molecule has 0 amide bonds. The van der Waals surface area contributed by atoms with Gasteiger partial charge in [0.15, 0.2) is 0 Å². The molecule has 1 rings (SSSR count). The molecule has 0 aliphatic rings. The van der Waals surface area contributed by atoms with Gasteiger partial charge < -0.3 is 5.32 Å². The Bertz CT molecular complexity index is 271. The zero-order valence-corrected chi connectivity index (χ0v) is 9.01. The third kappa shape index (κ3) is 3.38. The van der Waals surface area contributed by atoms with Crippen LogP contribution in [0.1, 0.15) is 25.3 Å². The highest BCUT2D eigenvalue weighted by atomic mass is 14.9. The van der Waals surface area contributed by atoms with Gasteiger partial charge in [0.2, 0.25) is 0 Å². The van der Waals surface area contributed by atoms with Crippen LogP contribution in [-0.2, 0) is 0 Å². The SMILES string of the molecule is CCC(CC[NH])Nc1cccc(C)c1. The lowest BCUT2D eigenvalue weighted by Crippen LogP contribution is -2.20. The standard InChI is InChI=1S/C12H19N2/c1-3-11(7-8-13)14-12-6-4-5-10(2)9-12/h4-6,9,11,13-14H,3,7-8H2,1-2H3. The lowest BCUT2D eigenvalue weighted by Gasteiger charge is -2.17. The molecule has 0 saturated heterocycles. The topological polar surface area (TPSA) is 35.8 Å². The third-order valence-electron chi connectivity index (χ3n) is 2.37. The summed E-state index contributed by atoms with van der Waals surface area (Å²) in [6.45, 7) is 4.75. The van der Waals surface area contributed by atoms with Crippen LogP contribution in [0.15, 0.2) is 24.3 Å². The van der Waals surface area contributed by atoms with E-state index >= 15 is 0 Å². The maximum absolute atomic E-state index is 7.20. The van der Waals surface area contributed by atoms with Crippen molar-refractivity contribution in [3.63, 3.8) is 0 Å². The average molecular weight is 191 g/mol. The van der Waals surface area contributed by atoms with Crippen molar-refractivity contribution in [2.45, 2.75) is 32.7 Å². The minimum Gasteiger partial charge on any atom is -0.382 e. The molecule has 1 atom stereocenters. The quantitative estimate of drug-likeness (QED) is 0.763. The second-order valence-corrected chi connectivity index (χ2v) is 3.66. The van der Waals surface area contributed by atoms with Gasteiger partial charge in [0.1, 0.15) is 0 Å². The van der Waals surface area contributed by atoms with Gasteiger partial charge in [-0.25, -0.2) is 0 Å². The fourth-order valence-electron chi connectivity index (χ4n) is 1.52. The van der Waals surface area contributed by atoms with Crippen LogP contribution in [0.2, 0.25) is 0 Å². The zero-order chi connectivity index (χ0) is 10.4. The number of benzene rings is 1. The first-order valence-corrected chi connectivity index (χ1v) is 5.24. The summed E-state index contributed by atoms with van der Waals surface area (Å²) in [5.74, 6) is 0. The molecular formula is C12H19N2. The number of hydrogen-bond acceptors (Lipinski definition) is 1. The van der Waals surface area contributed by atoms with Gasteiger partial charge in [0.05, 0.1) is 0 Å². The largest absolute Gasteiger partial charge is 0.382 e. The van der Waals surface area contributed by atoms with E-state index in [1.165, 1.54) is 11.3 Å². The molecule has 0 aliphatic carbocycles. The summed E-state index contributed by atoms with van der Waals surface area (Å²) in [4.78, 5) is 0. The Morgan fingerprint density at radius 3 is 2.79 bits per heavy atom. The number of nitrogens with one attached hydrogen (secondary N) is 2. The maximum atomic E-state index is 7.20. The van der Waals surface area contributed by atoms with Crippen molar-refractivity contribution in [1.29, 1.82) is 0 Å². The molecule has 77 valence electrons. The predicted molar refractivity (Wildman–Crippen MR) is 61.5 cm³/mol. The zero-order valence-electron chi connectivity index (χ0n) is 9.01. The fraction of sp³-hybridized carbons (Fsp3) is 0.500. The van der Waals surface area contributed by atoms with Crippen molar-refractivity contribution in [3.05, 3.63) is 29.8 Å². The van der Waals surface area contributed by atoms with Gasteiger partial charge in [-0.3, -0.25) is 5.73 Å². The molecule has 2 heteroatoms. The van der Waals surface area contributed by atoms with Crippen LogP contribution in [0.5, 0.6) is 0 Å². The van der Waals surface area contributed by atoms with E-state index in [1.54, 1.807) is 0 Å². The van der Waals surface area contributed by atoms with Crippen LogP contribution in [0.3, 0.4) is 0 Å². The van der Waals surface area contributed by atoms with E-state index in [4.69, 9.17) is 5.73 Å². The molecule has 0 aromatic heterocycles. The van der Waals surface area contributed by atoms with Crippen molar-refractivity contribution in [2.75, 3.05) is 11.9 Å². The molecule has 0 bridgehead atoms. The van der Waals surface area contributed by atoms with Crippen LogP contribution >= 0.6 is 0 Å². The average Bonchev–Trinajstić information content (AvgIpc) is 2.17. The summed E-state index contributed by atoms with van der Waals surface area (Å²) in [6.07, 6.45) is 2.00. The molecule has 0 fully saturated rings. The lowest BCUT2D eigenvalue weighted by atomic mass is 10.1. The molecule has 0 spiro atoms. The van der Waals surface area contributed by atoms with Crippen LogP contribution in [0.25, 0.3) is 0 Å². The Kier molecular flexibility index (Phi) is 4.47. The van der Waals surface area contributed by atoms with Gasteiger partial charge in [-0.05, 0) is 37.5 Å². The van der Waals surface area contributed by atoms with Gasteiger partial charge in [0, 0.05) is 18.3 Å². The lowest BCUT2D eigenvalue weighted by molar-refractivity contribution is 0.637. The minimum absolute atomic E-state index is 0.439. The molecule has 1 radical (unpaired) electrons. The van der Waals surface area contributed by atoms with Gasteiger partial charge in [0.25, 0.3) is 0 Å². The molecule has 1 unspecified atom stereocenters. The third-order valence-corrected chi connectivity index (χ3v) is 2.37. The fourth-order valence-corrected chi connectivity index (χ4v) is 1.52. The number of rotatable bonds is 5. The van der Waals surface area contributed by atoms with Gasteiger partial charge in [-0.1, -0.05) is 19.1 Å². The molecule has 1 aromatic rings. The summed E-state index contributed by atoms with van der Waals surface area (Å²) in [6, 6.07) is 8.82. The molecule has 2 nitrogen and oxygen atoms in total. The maximum Gasteiger partial charge on any atom is 0.0344 e. The number of hydrogen-bond donors (Lipinski definition) is 1. The first-order chi connectivity index (χ1) is 6.76. The number of anilines is 1. The minimum atomic E-state index is 0.439. The summed E-state index contributed by atoms with van der Waals surface area (Å²) in [5.41, 5.74) is 9.65. The Morgan fingerprint density at radius 1 is 1.43 bits per heavy atom. The van der Waals surface area contributed by atoms with E-state index in [2.05, 4.69) is 43.4 Å². The summed E-state index contributed by atoms with van der Waals surface area (Å²) < 4.78 is 0. The second kappa shape index (κ2) is 5.66. The first-order valence-electron chi connectivity index (χ1n) is 5.24. The highest BCUT2D eigenvalue weighted by Gasteiger charge is 2.04. The normalized spacial score (nSPS) is 12.5. The first kappa shape index (κ1) is 11.1. The van der Waals surface area contributed by atoms with Crippen LogP contribution in [-0.4, -0.2) is 12.6 Å². The summed E-state index contributed by atoms with van der Waals surface area (Å²) >= 11 is 0. The molecule has 2 N–H and O–H groups in total. The van der Waals surface area contributed by atoms with Gasteiger partial charge in [-0.15, -0.1) is 0 Å². The van der Waals surface area contributed by atoms with E-state index in [0.717, 1.165) is 12.8 Å². The van der Waals surface area contributed by atoms with E-state index in [0.29, 0.717) is 12.6 Å². The van der Waals surface area contributed by atoms with Crippen LogP contribution in [0.4, 0.5) is 5.69 Å². The molecule has 1 aromatic carbocycles. The summed E-state index contributed by atoms with van der Waals surface area (Å²) in [7, 11) is 0. The van der Waals surface area contributed by atoms with Gasteiger partial charge >= 0.3 is 0 Å². The van der Waals surface area contributed by atoms with Crippen LogP contribution < -0.4 is 11.1 Å². The highest BCUT2D eigenvalue weighted by molar-refractivity contribution is 5.46. The monoisotopic (exact) mass is 191 g/mol. The Balaban J connectivity index is 2.57. The molecular weight excluding hydrogens is 172 g/mol. The van der Waals surface area contributed by atoms with E-state index < -0.39 is 0 Å².